The molecular formula is C50H41N. The van der Waals surface area contributed by atoms with E-state index in [1.165, 1.54) is 60.8 Å². The Labute approximate surface area is 302 Å². The van der Waals surface area contributed by atoms with Crippen LogP contribution in [0.3, 0.4) is 0 Å². The van der Waals surface area contributed by atoms with Crippen LogP contribution in [0, 0.1) is 0 Å². The summed E-state index contributed by atoms with van der Waals surface area (Å²) in [7, 11) is 0. The Kier molecular flexibility index (Phi) is 8.56. The van der Waals surface area contributed by atoms with E-state index in [0.29, 0.717) is 0 Å². The molecule has 246 valence electrons. The summed E-state index contributed by atoms with van der Waals surface area (Å²) in [5.41, 5.74) is 14.3. The lowest BCUT2D eigenvalue weighted by molar-refractivity contribution is 0.590. The molecule has 0 N–H and O–H groups in total. The molecule has 0 aromatic heterocycles. The molecule has 1 nitrogen and oxygen atoms in total. The van der Waals surface area contributed by atoms with Crippen LogP contribution in [0.15, 0.2) is 194 Å². The fourth-order valence-electron chi connectivity index (χ4n) is 7.21. The van der Waals surface area contributed by atoms with E-state index in [9.17, 15) is 0 Å². The van der Waals surface area contributed by atoms with Gasteiger partial charge in [0.25, 0.3) is 0 Å². The van der Waals surface area contributed by atoms with Crippen LogP contribution in [-0.2, 0) is 5.41 Å². The Morgan fingerprint density at radius 1 is 0.353 bits per heavy atom. The molecule has 0 spiro atoms. The number of hydrogen-bond donors (Lipinski definition) is 0. The van der Waals surface area contributed by atoms with Gasteiger partial charge in [-0.3, -0.25) is 0 Å². The van der Waals surface area contributed by atoms with E-state index >= 15 is 0 Å². The van der Waals surface area contributed by atoms with Crippen molar-refractivity contribution >= 4 is 27.8 Å². The van der Waals surface area contributed by atoms with Crippen molar-refractivity contribution in [1.82, 2.24) is 0 Å². The summed E-state index contributed by atoms with van der Waals surface area (Å²) in [6, 6.07) is 70.5. The van der Waals surface area contributed by atoms with Gasteiger partial charge in [-0.05, 0) is 85.5 Å². The summed E-state index contributed by atoms with van der Waals surface area (Å²) in [4.78, 5) is 2.46. The van der Waals surface area contributed by atoms with Crippen LogP contribution in [-0.4, -0.2) is 0 Å². The first-order valence-electron chi connectivity index (χ1n) is 17.8. The smallest absolute Gasteiger partial charge is 0.0540 e. The quantitative estimate of drug-likeness (QED) is 0.165. The lowest BCUT2D eigenvalue weighted by Crippen LogP contribution is -2.15. The Bertz CT molecular complexity index is 2410. The summed E-state index contributed by atoms with van der Waals surface area (Å²) >= 11 is 0. The van der Waals surface area contributed by atoms with Crippen LogP contribution < -0.4 is 4.90 Å². The number of rotatable bonds is 7. The molecule has 8 aromatic rings. The second-order valence-electron chi connectivity index (χ2n) is 14.2. The highest BCUT2D eigenvalue weighted by atomic mass is 15.1. The maximum absolute atomic E-state index is 2.46. The van der Waals surface area contributed by atoms with Gasteiger partial charge >= 0.3 is 0 Å². The van der Waals surface area contributed by atoms with E-state index in [4.69, 9.17) is 0 Å². The highest BCUT2D eigenvalue weighted by molar-refractivity contribution is 6.09. The van der Waals surface area contributed by atoms with Gasteiger partial charge in [-0.1, -0.05) is 185 Å². The zero-order valence-electron chi connectivity index (χ0n) is 29.4. The number of para-hydroxylation sites is 1. The minimum Gasteiger partial charge on any atom is -0.309 e. The van der Waals surface area contributed by atoms with Crippen LogP contribution in [0.25, 0.3) is 55.3 Å². The highest BCUT2D eigenvalue weighted by Gasteiger charge is 2.24. The molecule has 0 bridgehead atoms. The highest BCUT2D eigenvalue weighted by Crippen LogP contribution is 2.48. The fourth-order valence-corrected chi connectivity index (χ4v) is 7.21. The van der Waals surface area contributed by atoms with Gasteiger partial charge in [0.1, 0.15) is 0 Å². The second-order valence-corrected chi connectivity index (χ2v) is 14.2. The summed E-state index contributed by atoms with van der Waals surface area (Å²) in [5.74, 6) is 0. The first-order valence-corrected chi connectivity index (χ1v) is 17.8. The number of fused-ring (bicyclic) bond motifs is 1. The zero-order valence-corrected chi connectivity index (χ0v) is 29.4. The Balaban J connectivity index is 1.40. The third-order valence-electron chi connectivity index (χ3n) is 9.85. The first kappa shape index (κ1) is 32.0. The van der Waals surface area contributed by atoms with Gasteiger partial charge in [0, 0.05) is 16.8 Å². The molecule has 0 radical (unpaired) electrons. The van der Waals surface area contributed by atoms with Gasteiger partial charge in [-0.15, -0.1) is 0 Å². The normalized spacial score (nSPS) is 11.4. The molecule has 0 saturated carbocycles. The van der Waals surface area contributed by atoms with E-state index in [2.05, 4.69) is 220 Å². The molecule has 0 aliphatic carbocycles. The lowest BCUT2D eigenvalue weighted by atomic mass is 9.84. The van der Waals surface area contributed by atoms with Crippen LogP contribution in [0.2, 0.25) is 0 Å². The second kappa shape index (κ2) is 13.6. The molecule has 0 aliphatic rings. The largest absolute Gasteiger partial charge is 0.309 e. The molecule has 51 heavy (non-hydrogen) atoms. The van der Waals surface area contributed by atoms with Crippen LogP contribution in [0.1, 0.15) is 26.3 Å². The molecule has 0 aliphatic heterocycles. The number of benzene rings is 8. The Morgan fingerprint density at radius 3 is 1.47 bits per heavy atom. The number of anilines is 3. The lowest BCUT2D eigenvalue weighted by Gasteiger charge is -2.31. The zero-order chi connectivity index (χ0) is 34.8. The SMILES string of the molecule is CC(C)(C)c1ccc(N(c2ccc(-c3ccccc3)cc2)c2ccccc2-c2cccc3cccc(-c4ccccc4)c23)c(-c2ccccc2)c1. The molecule has 0 amide bonds. The average molecular weight is 656 g/mol. The van der Waals surface area contributed by atoms with Crippen molar-refractivity contribution in [2.24, 2.45) is 0 Å². The van der Waals surface area contributed by atoms with Crippen molar-refractivity contribution in [1.29, 1.82) is 0 Å². The van der Waals surface area contributed by atoms with E-state index in [1.807, 2.05) is 0 Å². The van der Waals surface area contributed by atoms with Crippen molar-refractivity contribution in [3.05, 3.63) is 200 Å². The van der Waals surface area contributed by atoms with Gasteiger partial charge in [-0.25, -0.2) is 0 Å². The summed E-state index contributed by atoms with van der Waals surface area (Å²) in [6.45, 7) is 6.87. The van der Waals surface area contributed by atoms with Gasteiger partial charge in [0.05, 0.1) is 11.4 Å². The predicted molar refractivity (Wildman–Crippen MR) is 219 cm³/mol. The molecule has 0 saturated heterocycles. The Hall–Kier alpha value is -6.18. The van der Waals surface area contributed by atoms with Crippen molar-refractivity contribution in [2.45, 2.75) is 26.2 Å². The van der Waals surface area contributed by atoms with Crippen LogP contribution in [0.4, 0.5) is 17.1 Å². The first-order chi connectivity index (χ1) is 25.0. The number of nitrogens with zero attached hydrogens (tertiary/aromatic N) is 1. The molecule has 1 heteroatoms. The van der Waals surface area contributed by atoms with Crippen molar-refractivity contribution in [3.63, 3.8) is 0 Å². The minimum absolute atomic E-state index is 0.00107. The maximum Gasteiger partial charge on any atom is 0.0540 e. The van der Waals surface area contributed by atoms with E-state index in [-0.39, 0.29) is 5.41 Å². The van der Waals surface area contributed by atoms with Crippen LogP contribution >= 0.6 is 0 Å². The molecule has 8 rings (SSSR count). The van der Waals surface area contributed by atoms with Crippen molar-refractivity contribution in [3.8, 4) is 44.5 Å². The molecular weight excluding hydrogens is 615 g/mol. The average Bonchev–Trinajstić information content (AvgIpc) is 3.19. The summed E-state index contributed by atoms with van der Waals surface area (Å²) in [5, 5.41) is 2.48. The minimum atomic E-state index is -0.00107. The van der Waals surface area contributed by atoms with Gasteiger partial charge in [-0.2, -0.15) is 0 Å². The predicted octanol–water partition coefficient (Wildman–Crippen LogP) is 14.3. The van der Waals surface area contributed by atoms with E-state index in [0.717, 1.165) is 17.1 Å². The van der Waals surface area contributed by atoms with Gasteiger partial charge in [0.2, 0.25) is 0 Å². The monoisotopic (exact) mass is 655 g/mol. The molecule has 0 heterocycles. The summed E-state index contributed by atoms with van der Waals surface area (Å²) < 4.78 is 0. The van der Waals surface area contributed by atoms with Gasteiger partial charge in [0.15, 0.2) is 0 Å². The standard InChI is InChI=1S/C50H41N/c1-50(2,3)41-31-34-48(46(35-41)39-21-11-6-12-22-39)51(42-32-29-37(30-33-42)36-17-7-4-8-18-36)47-28-14-13-25-44(47)45-27-16-24-40-23-15-26-43(49(40)45)38-19-9-5-10-20-38/h4-35H,1-3H3. The Morgan fingerprint density at radius 2 is 0.843 bits per heavy atom. The topological polar surface area (TPSA) is 3.24 Å². The van der Waals surface area contributed by atoms with E-state index in [1.54, 1.807) is 0 Å². The molecule has 0 atom stereocenters. The third-order valence-corrected chi connectivity index (χ3v) is 9.85. The molecule has 8 aromatic carbocycles. The third kappa shape index (κ3) is 6.35. The van der Waals surface area contributed by atoms with Crippen molar-refractivity contribution < 1.29 is 0 Å². The van der Waals surface area contributed by atoms with Gasteiger partial charge < -0.3 is 4.90 Å². The molecule has 0 fully saturated rings. The molecule has 0 unspecified atom stereocenters. The van der Waals surface area contributed by atoms with Crippen LogP contribution in [0.5, 0.6) is 0 Å². The van der Waals surface area contributed by atoms with E-state index < -0.39 is 0 Å². The van der Waals surface area contributed by atoms with Crippen molar-refractivity contribution in [2.75, 3.05) is 4.90 Å². The number of hydrogen-bond acceptors (Lipinski definition) is 1. The fraction of sp³-hybridized carbons (Fsp3) is 0.0800. The summed E-state index contributed by atoms with van der Waals surface area (Å²) in [6.07, 6.45) is 0. The maximum atomic E-state index is 2.46.